The van der Waals surface area contributed by atoms with E-state index in [1.807, 2.05) is 0 Å². The lowest BCUT2D eigenvalue weighted by Crippen LogP contribution is -2.43. The van der Waals surface area contributed by atoms with Gasteiger partial charge in [0.25, 0.3) is 5.91 Å². The van der Waals surface area contributed by atoms with E-state index in [1.165, 1.54) is 23.1 Å². The Labute approximate surface area is 110 Å². The van der Waals surface area contributed by atoms with E-state index in [9.17, 15) is 18.3 Å². The van der Waals surface area contributed by atoms with E-state index >= 15 is 0 Å². The van der Waals surface area contributed by atoms with Crippen LogP contribution in [-0.4, -0.2) is 48.9 Å². The van der Waals surface area contributed by atoms with E-state index in [2.05, 4.69) is 0 Å². The van der Waals surface area contributed by atoms with E-state index in [1.54, 1.807) is 0 Å². The van der Waals surface area contributed by atoms with Crippen LogP contribution in [0.25, 0.3) is 0 Å². The van der Waals surface area contributed by atoms with Crippen molar-refractivity contribution in [2.75, 3.05) is 24.6 Å². The van der Waals surface area contributed by atoms with Crippen LogP contribution >= 0.6 is 11.6 Å². The number of phenolic OH excluding ortho intramolecular Hbond substituents is 1. The van der Waals surface area contributed by atoms with Gasteiger partial charge < -0.3 is 10.0 Å². The highest BCUT2D eigenvalue weighted by molar-refractivity contribution is 7.91. The van der Waals surface area contributed by atoms with Gasteiger partial charge in [-0.15, -0.1) is 0 Å². The average Bonchev–Trinajstić information content (AvgIpc) is 2.28. The minimum Gasteiger partial charge on any atom is -0.507 e. The number of nitrogens with zero attached hydrogens (tertiary/aromatic N) is 1. The number of benzene rings is 1. The molecule has 0 bridgehead atoms. The van der Waals surface area contributed by atoms with E-state index in [0.29, 0.717) is 5.02 Å². The number of phenols is 1. The van der Waals surface area contributed by atoms with Crippen molar-refractivity contribution in [1.82, 2.24) is 4.90 Å². The Hall–Kier alpha value is -1.27. The number of amides is 1. The fourth-order valence-electron chi connectivity index (χ4n) is 1.77. The lowest BCUT2D eigenvalue weighted by molar-refractivity contribution is 0.0767. The van der Waals surface area contributed by atoms with Gasteiger partial charge in [0.05, 0.1) is 17.1 Å². The maximum absolute atomic E-state index is 12.1. The van der Waals surface area contributed by atoms with E-state index in [0.717, 1.165) is 0 Å². The third-order valence-corrected chi connectivity index (χ3v) is 4.67. The van der Waals surface area contributed by atoms with Crippen LogP contribution in [0.2, 0.25) is 5.02 Å². The zero-order valence-electron chi connectivity index (χ0n) is 9.47. The fourth-order valence-corrected chi connectivity index (χ4v) is 3.14. The molecule has 1 amide bonds. The summed E-state index contributed by atoms with van der Waals surface area (Å²) in [6, 6.07) is 4.23. The summed E-state index contributed by atoms with van der Waals surface area (Å²) in [5.74, 6) is -0.639. The molecule has 1 aromatic rings. The predicted molar refractivity (Wildman–Crippen MR) is 67.7 cm³/mol. The Kier molecular flexibility index (Phi) is 3.49. The van der Waals surface area contributed by atoms with Crippen LogP contribution in [0.3, 0.4) is 0 Å². The van der Waals surface area contributed by atoms with Crippen molar-refractivity contribution >= 4 is 27.3 Å². The van der Waals surface area contributed by atoms with Gasteiger partial charge in [0.15, 0.2) is 9.84 Å². The lowest BCUT2D eigenvalue weighted by atomic mass is 10.1. The van der Waals surface area contributed by atoms with Gasteiger partial charge in [-0.1, -0.05) is 11.6 Å². The van der Waals surface area contributed by atoms with Crippen LogP contribution in [0.1, 0.15) is 10.4 Å². The molecule has 1 aliphatic rings. The summed E-state index contributed by atoms with van der Waals surface area (Å²) >= 11 is 5.68. The van der Waals surface area contributed by atoms with E-state index in [-0.39, 0.29) is 41.8 Å². The molecule has 0 aromatic heterocycles. The third kappa shape index (κ3) is 2.76. The van der Waals surface area contributed by atoms with Gasteiger partial charge in [-0.2, -0.15) is 0 Å². The zero-order chi connectivity index (χ0) is 13.3. The van der Waals surface area contributed by atoms with E-state index < -0.39 is 9.84 Å². The summed E-state index contributed by atoms with van der Waals surface area (Å²) < 4.78 is 22.5. The van der Waals surface area contributed by atoms with Crippen molar-refractivity contribution in [2.45, 2.75) is 0 Å². The summed E-state index contributed by atoms with van der Waals surface area (Å²) in [6.07, 6.45) is 0. The average molecular weight is 290 g/mol. The molecular weight excluding hydrogens is 278 g/mol. The second-order valence-electron chi connectivity index (χ2n) is 4.11. The van der Waals surface area contributed by atoms with Crippen LogP contribution in [0.5, 0.6) is 5.75 Å². The van der Waals surface area contributed by atoms with Crippen molar-refractivity contribution in [3.8, 4) is 5.75 Å². The number of hydrogen-bond acceptors (Lipinski definition) is 4. The number of carbonyl (C=O) groups excluding carboxylic acids is 1. The highest BCUT2D eigenvalue weighted by Crippen LogP contribution is 2.23. The largest absolute Gasteiger partial charge is 0.507 e. The smallest absolute Gasteiger partial charge is 0.257 e. The molecular formula is C11H12ClNO4S. The molecule has 0 atom stereocenters. The Balaban J connectivity index is 2.17. The van der Waals surface area contributed by atoms with Gasteiger partial charge in [-0.25, -0.2) is 8.42 Å². The quantitative estimate of drug-likeness (QED) is 0.834. The molecule has 7 heteroatoms. The van der Waals surface area contributed by atoms with E-state index in [4.69, 9.17) is 11.6 Å². The van der Waals surface area contributed by atoms with Gasteiger partial charge in [0, 0.05) is 18.1 Å². The second kappa shape index (κ2) is 4.78. The van der Waals surface area contributed by atoms with Gasteiger partial charge in [0.2, 0.25) is 0 Å². The molecule has 98 valence electrons. The third-order valence-electron chi connectivity index (χ3n) is 2.82. The minimum atomic E-state index is -3.03. The molecule has 1 aliphatic heterocycles. The summed E-state index contributed by atoms with van der Waals surface area (Å²) in [5.41, 5.74) is 0.138. The maximum atomic E-state index is 12.1. The first-order valence-electron chi connectivity index (χ1n) is 5.37. The van der Waals surface area contributed by atoms with Gasteiger partial charge in [-0.3, -0.25) is 4.79 Å². The van der Waals surface area contributed by atoms with Crippen molar-refractivity contribution in [2.24, 2.45) is 0 Å². The first kappa shape index (κ1) is 13.2. The predicted octanol–water partition coefficient (Wildman–Crippen LogP) is 0.916. The molecule has 0 spiro atoms. The topological polar surface area (TPSA) is 74.7 Å². The molecule has 1 fully saturated rings. The number of aromatic hydroxyl groups is 1. The molecule has 5 nitrogen and oxygen atoms in total. The number of sulfone groups is 1. The minimum absolute atomic E-state index is 0.0346. The Morgan fingerprint density at radius 1 is 1.28 bits per heavy atom. The highest BCUT2D eigenvalue weighted by atomic mass is 35.5. The number of carbonyl (C=O) groups is 1. The SMILES string of the molecule is O=C(c1ccc(Cl)cc1O)N1CCS(=O)(=O)CC1. The summed E-state index contributed by atoms with van der Waals surface area (Å²) in [5, 5.41) is 9.98. The molecule has 0 aliphatic carbocycles. The maximum Gasteiger partial charge on any atom is 0.257 e. The van der Waals surface area contributed by atoms with Crippen molar-refractivity contribution in [1.29, 1.82) is 0 Å². The van der Waals surface area contributed by atoms with Crippen molar-refractivity contribution < 1.29 is 18.3 Å². The molecule has 1 aromatic carbocycles. The monoisotopic (exact) mass is 289 g/mol. The normalized spacial score (nSPS) is 18.6. The van der Waals surface area contributed by atoms with Crippen LogP contribution in [0.15, 0.2) is 18.2 Å². The van der Waals surface area contributed by atoms with Gasteiger partial charge >= 0.3 is 0 Å². The van der Waals surface area contributed by atoms with Crippen LogP contribution in [0.4, 0.5) is 0 Å². The highest BCUT2D eigenvalue weighted by Gasteiger charge is 2.26. The molecule has 0 radical (unpaired) electrons. The number of rotatable bonds is 1. The number of hydrogen-bond donors (Lipinski definition) is 1. The standard InChI is InChI=1S/C11H12ClNO4S/c12-8-1-2-9(10(14)7-8)11(15)13-3-5-18(16,17)6-4-13/h1-2,7,14H,3-6H2. The fraction of sp³-hybridized carbons (Fsp3) is 0.364. The first-order valence-corrected chi connectivity index (χ1v) is 7.57. The Morgan fingerprint density at radius 3 is 2.44 bits per heavy atom. The van der Waals surface area contributed by atoms with Crippen LogP contribution in [0, 0.1) is 0 Å². The molecule has 0 unspecified atom stereocenters. The summed E-state index contributed by atoms with van der Waals surface area (Å²) in [7, 11) is -3.03. The van der Waals surface area contributed by atoms with Crippen molar-refractivity contribution in [3.63, 3.8) is 0 Å². The van der Waals surface area contributed by atoms with Crippen molar-refractivity contribution in [3.05, 3.63) is 28.8 Å². The molecule has 18 heavy (non-hydrogen) atoms. The Morgan fingerprint density at radius 2 is 1.89 bits per heavy atom. The first-order chi connectivity index (χ1) is 8.39. The Bertz CT molecular complexity index is 571. The van der Waals surface area contributed by atoms with Gasteiger partial charge in [-0.05, 0) is 18.2 Å². The number of halogens is 1. The second-order valence-corrected chi connectivity index (χ2v) is 6.85. The molecule has 2 rings (SSSR count). The van der Waals surface area contributed by atoms with Gasteiger partial charge in [0.1, 0.15) is 5.75 Å². The molecule has 0 saturated carbocycles. The van der Waals surface area contributed by atoms with Crippen LogP contribution < -0.4 is 0 Å². The molecule has 1 saturated heterocycles. The van der Waals surface area contributed by atoms with Crippen LogP contribution in [-0.2, 0) is 9.84 Å². The molecule has 1 N–H and O–H groups in total. The lowest BCUT2D eigenvalue weighted by Gasteiger charge is -2.27. The molecule has 1 heterocycles. The summed E-state index contributed by atoms with van der Waals surface area (Å²) in [4.78, 5) is 13.5. The summed E-state index contributed by atoms with van der Waals surface area (Å²) in [6.45, 7) is 0.312. The zero-order valence-corrected chi connectivity index (χ0v) is 11.0.